The molecule has 0 saturated heterocycles. The van der Waals surface area contributed by atoms with Gasteiger partial charge >= 0.3 is 5.97 Å². The van der Waals surface area contributed by atoms with E-state index < -0.39 is 5.97 Å². The third-order valence-corrected chi connectivity index (χ3v) is 3.44. The van der Waals surface area contributed by atoms with Gasteiger partial charge in [0.2, 0.25) is 5.91 Å². The average Bonchev–Trinajstić information content (AvgIpc) is 2.81. The highest BCUT2D eigenvalue weighted by atomic mass is 32.1. The van der Waals surface area contributed by atoms with Gasteiger partial charge in [0.15, 0.2) is 5.69 Å². The molecule has 1 amide bonds. The van der Waals surface area contributed by atoms with Gasteiger partial charge < -0.3 is 16.2 Å². The maximum atomic E-state index is 11.9. The number of nitrogens with two attached hydrogens (primary N) is 1. The minimum Gasteiger partial charge on any atom is -0.476 e. The third kappa shape index (κ3) is 4.96. The van der Waals surface area contributed by atoms with E-state index in [9.17, 15) is 9.59 Å². The Kier molecular flexibility index (Phi) is 5.91. The van der Waals surface area contributed by atoms with E-state index in [1.807, 2.05) is 13.8 Å². The lowest BCUT2D eigenvalue weighted by atomic mass is 9.96. The van der Waals surface area contributed by atoms with Crippen LogP contribution in [-0.4, -0.2) is 28.5 Å². The van der Waals surface area contributed by atoms with Gasteiger partial charge in [0.25, 0.3) is 0 Å². The summed E-state index contributed by atoms with van der Waals surface area (Å²) in [4.78, 5) is 26.5. The predicted octanol–water partition coefficient (Wildman–Crippen LogP) is 1.08. The van der Waals surface area contributed by atoms with Crippen LogP contribution in [0, 0.1) is 11.8 Å². The van der Waals surface area contributed by atoms with Crippen LogP contribution < -0.4 is 11.1 Å². The molecule has 6 nitrogen and oxygen atoms in total. The zero-order valence-corrected chi connectivity index (χ0v) is 11.9. The number of hydrogen-bond acceptors (Lipinski definition) is 5. The third-order valence-electron chi connectivity index (χ3n) is 2.60. The first-order chi connectivity index (χ1) is 8.93. The van der Waals surface area contributed by atoms with Crippen molar-refractivity contribution in [1.29, 1.82) is 0 Å². The number of carbonyl (C=O) groups excluding carboxylic acids is 1. The lowest BCUT2D eigenvalue weighted by Gasteiger charge is -2.16. The fraction of sp³-hybridized carbons (Fsp3) is 0.583. The van der Waals surface area contributed by atoms with Crippen molar-refractivity contribution in [2.45, 2.75) is 26.8 Å². The highest BCUT2D eigenvalue weighted by Gasteiger charge is 2.18. The number of hydrogen-bond donors (Lipinski definition) is 3. The molecule has 0 saturated carbocycles. The van der Waals surface area contributed by atoms with Crippen LogP contribution >= 0.6 is 11.3 Å². The lowest BCUT2D eigenvalue weighted by molar-refractivity contribution is -0.125. The first-order valence-electron chi connectivity index (χ1n) is 6.09. The fourth-order valence-corrected chi connectivity index (χ4v) is 2.38. The van der Waals surface area contributed by atoms with E-state index in [0.29, 0.717) is 17.5 Å². The molecule has 106 valence electrons. The molecule has 1 heterocycles. The maximum absolute atomic E-state index is 11.9. The predicted molar refractivity (Wildman–Crippen MR) is 72.9 cm³/mol. The lowest BCUT2D eigenvalue weighted by Crippen LogP contribution is -2.35. The second-order valence-electron chi connectivity index (χ2n) is 4.71. The maximum Gasteiger partial charge on any atom is 0.355 e. The van der Waals surface area contributed by atoms with Crippen molar-refractivity contribution in [3.63, 3.8) is 0 Å². The van der Waals surface area contributed by atoms with E-state index in [-0.39, 0.29) is 24.1 Å². The van der Waals surface area contributed by atoms with Gasteiger partial charge in [0.1, 0.15) is 5.01 Å². The fourth-order valence-electron chi connectivity index (χ4n) is 1.68. The molecule has 0 fully saturated rings. The van der Waals surface area contributed by atoms with E-state index in [2.05, 4.69) is 10.3 Å². The van der Waals surface area contributed by atoms with Crippen molar-refractivity contribution in [2.24, 2.45) is 17.6 Å². The monoisotopic (exact) mass is 285 g/mol. The molecule has 1 aromatic rings. The second kappa shape index (κ2) is 7.20. The zero-order valence-electron chi connectivity index (χ0n) is 11.0. The summed E-state index contributed by atoms with van der Waals surface area (Å²) in [6.45, 7) is 4.62. The van der Waals surface area contributed by atoms with Crippen molar-refractivity contribution in [2.75, 3.05) is 6.54 Å². The summed E-state index contributed by atoms with van der Waals surface area (Å²) < 4.78 is 0. The van der Waals surface area contributed by atoms with Gasteiger partial charge in [-0.25, -0.2) is 9.78 Å². The largest absolute Gasteiger partial charge is 0.476 e. The van der Waals surface area contributed by atoms with Crippen molar-refractivity contribution < 1.29 is 14.7 Å². The van der Waals surface area contributed by atoms with Gasteiger partial charge in [-0.3, -0.25) is 4.79 Å². The van der Waals surface area contributed by atoms with Crippen molar-refractivity contribution in [3.05, 3.63) is 16.1 Å². The molecule has 0 spiro atoms. The molecule has 0 radical (unpaired) electrons. The summed E-state index contributed by atoms with van der Waals surface area (Å²) >= 11 is 1.22. The molecule has 1 atom stereocenters. The van der Waals surface area contributed by atoms with Gasteiger partial charge in [0, 0.05) is 11.9 Å². The van der Waals surface area contributed by atoms with E-state index in [1.165, 1.54) is 16.7 Å². The SMILES string of the molecule is CC(C)CC(CN)C(=O)NCc1nc(C(=O)O)cs1. The Bertz CT molecular complexity index is 445. The first kappa shape index (κ1) is 15.6. The van der Waals surface area contributed by atoms with Crippen LogP contribution in [0.1, 0.15) is 35.8 Å². The van der Waals surface area contributed by atoms with Gasteiger partial charge in [-0.15, -0.1) is 11.3 Å². The van der Waals surface area contributed by atoms with Gasteiger partial charge in [-0.05, 0) is 12.3 Å². The number of amides is 1. The van der Waals surface area contributed by atoms with Gasteiger partial charge in [-0.1, -0.05) is 13.8 Å². The summed E-state index contributed by atoms with van der Waals surface area (Å²) in [5.41, 5.74) is 5.59. The Balaban J connectivity index is 2.50. The molecule has 0 aliphatic heterocycles. The highest BCUT2D eigenvalue weighted by molar-refractivity contribution is 7.09. The topological polar surface area (TPSA) is 105 Å². The number of thiazole rings is 1. The average molecular weight is 285 g/mol. The van der Waals surface area contributed by atoms with Gasteiger partial charge in [0.05, 0.1) is 12.5 Å². The van der Waals surface area contributed by atoms with E-state index in [4.69, 9.17) is 10.8 Å². The minimum absolute atomic E-state index is 0.00630. The number of aromatic carboxylic acids is 1. The molecule has 7 heteroatoms. The molecule has 0 aromatic carbocycles. The molecular formula is C12H19N3O3S. The molecule has 1 unspecified atom stereocenters. The van der Waals surface area contributed by atoms with Crippen molar-refractivity contribution >= 4 is 23.2 Å². The molecule has 0 bridgehead atoms. The molecule has 1 aromatic heterocycles. The second-order valence-corrected chi connectivity index (χ2v) is 5.65. The summed E-state index contributed by atoms with van der Waals surface area (Å²) in [6.07, 6.45) is 0.737. The Hall–Kier alpha value is -1.47. The van der Waals surface area contributed by atoms with Crippen LogP contribution in [0.3, 0.4) is 0 Å². The molecular weight excluding hydrogens is 266 g/mol. The summed E-state index contributed by atoms with van der Waals surface area (Å²) in [6, 6.07) is 0. The van der Waals surface area contributed by atoms with Crippen LogP contribution in [0.5, 0.6) is 0 Å². The number of rotatable bonds is 7. The molecule has 1 rings (SSSR count). The number of nitrogens with zero attached hydrogens (tertiary/aromatic N) is 1. The Labute approximate surface area is 116 Å². The van der Waals surface area contributed by atoms with Crippen LogP contribution in [0.25, 0.3) is 0 Å². The van der Waals surface area contributed by atoms with Crippen LogP contribution in [0.2, 0.25) is 0 Å². The number of carboxylic acid groups (broad SMARTS) is 1. The smallest absolute Gasteiger partial charge is 0.355 e. The normalized spacial score (nSPS) is 12.4. The number of nitrogens with one attached hydrogen (secondary N) is 1. The molecule has 19 heavy (non-hydrogen) atoms. The number of carbonyl (C=O) groups is 2. The summed E-state index contributed by atoms with van der Waals surface area (Å²) in [5, 5.41) is 13.5. The quantitative estimate of drug-likeness (QED) is 0.695. The van der Waals surface area contributed by atoms with Crippen molar-refractivity contribution in [3.8, 4) is 0 Å². The molecule has 4 N–H and O–H groups in total. The summed E-state index contributed by atoms with van der Waals surface area (Å²) in [7, 11) is 0. The number of aromatic nitrogens is 1. The van der Waals surface area contributed by atoms with Crippen LogP contribution in [0.15, 0.2) is 5.38 Å². The Morgan fingerprint density at radius 3 is 2.68 bits per heavy atom. The number of carboxylic acids is 1. The van der Waals surface area contributed by atoms with Crippen molar-refractivity contribution in [1.82, 2.24) is 10.3 Å². The first-order valence-corrected chi connectivity index (χ1v) is 6.97. The Morgan fingerprint density at radius 1 is 1.53 bits per heavy atom. The van der Waals surface area contributed by atoms with Gasteiger partial charge in [-0.2, -0.15) is 0 Å². The van der Waals surface area contributed by atoms with E-state index in [1.54, 1.807) is 0 Å². The molecule has 0 aliphatic carbocycles. The summed E-state index contributed by atoms with van der Waals surface area (Å²) in [5.74, 6) is -0.978. The highest BCUT2D eigenvalue weighted by Crippen LogP contribution is 2.12. The van der Waals surface area contributed by atoms with E-state index >= 15 is 0 Å². The minimum atomic E-state index is -1.06. The molecule has 0 aliphatic rings. The van der Waals surface area contributed by atoms with Crippen LogP contribution in [0.4, 0.5) is 0 Å². The standard InChI is InChI=1S/C12H19N3O3S/c1-7(2)3-8(4-13)11(16)14-5-10-15-9(6-19-10)12(17)18/h6-8H,3-5,13H2,1-2H3,(H,14,16)(H,17,18). The Morgan fingerprint density at radius 2 is 2.21 bits per heavy atom. The van der Waals surface area contributed by atoms with E-state index in [0.717, 1.165) is 6.42 Å². The zero-order chi connectivity index (χ0) is 14.4. The van der Waals surface area contributed by atoms with Crippen LogP contribution in [-0.2, 0) is 11.3 Å².